The summed E-state index contributed by atoms with van der Waals surface area (Å²) >= 11 is 5.92. The third-order valence-corrected chi connectivity index (χ3v) is 4.21. The minimum atomic E-state index is -0.588. The Morgan fingerprint density at radius 2 is 2.00 bits per heavy atom. The van der Waals surface area contributed by atoms with E-state index >= 15 is 0 Å². The molecule has 0 aliphatic carbocycles. The summed E-state index contributed by atoms with van der Waals surface area (Å²) in [5.41, 5.74) is -0.159. The van der Waals surface area contributed by atoms with Crippen LogP contribution in [0.4, 0.5) is 5.69 Å². The summed E-state index contributed by atoms with van der Waals surface area (Å²) < 4.78 is 0. The smallest absolute Gasteiger partial charge is 0.288 e. The molecule has 0 aromatic carbocycles. The largest absolute Gasteiger partial charge is 0.335 e. The first-order chi connectivity index (χ1) is 9.81. The maximum absolute atomic E-state index is 12.6. The summed E-state index contributed by atoms with van der Waals surface area (Å²) in [6.45, 7) is 5.17. The number of hydrogen-bond donors (Lipinski definition) is 0. The molecular formula is C13H17ClN4O3. The standard InChI is InChI=1S/C13H17ClN4O3/c1-8-6-17(7-9(2)16(8)3)13(19)11-4-10(18(20)21)5-15-12(11)14/h4-5,8-9H,6-7H2,1-3H3. The predicted octanol–water partition coefficient (Wildman–Crippen LogP) is 1.81. The number of carbonyl (C=O) groups excluding carboxylic acids is 1. The van der Waals surface area contributed by atoms with Crippen molar-refractivity contribution in [3.8, 4) is 0 Å². The van der Waals surface area contributed by atoms with Crippen LogP contribution in [0.25, 0.3) is 0 Å². The van der Waals surface area contributed by atoms with E-state index in [4.69, 9.17) is 11.6 Å². The summed E-state index contributed by atoms with van der Waals surface area (Å²) in [7, 11) is 2.01. The Hall–Kier alpha value is -1.73. The Balaban J connectivity index is 2.28. The van der Waals surface area contributed by atoms with Crippen LogP contribution in [0.15, 0.2) is 12.3 Å². The minimum absolute atomic E-state index is 0.00941. The van der Waals surface area contributed by atoms with Crippen molar-refractivity contribution in [2.75, 3.05) is 20.1 Å². The highest BCUT2D eigenvalue weighted by Crippen LogP contribution is 2.23. The number of likely N-dealkylation sites (N-methyl/N-ethyl adjacent to an activating group) is 1. The molecule has 8 heteroatoms. The number of rotatable bonds is 2. The number of amides is 1. The molecule has 1 aromatic heterocycles. The van der Waals surface area contributed by atoms with Crippen molar-refractivity contribution in [2.24, 2.45) is 0 Å². The molecule has 2 rings (SSSR count). The zero-order valence-electron chi connectivity index (χ0n) is 12.1. The monoisotopic (exact) mass is 312 g/mol. The van der Waals surface area contributed by atoms with Crippen LogP contribution in [0, 0.1) is 10.1 Å². The Kier molecular flexibility index (Phi) is 4.43. The van der Waals surface area contributed by atoms with Crippen molar-refractivity contribution in [3.63, 3.8) is 0 Å². The number of hydrogen-bond acceptors (Lipinski definition) is 5. The van der Waals surface area contributed by atoms with Crippen molar-refractivity contribution in [1.82, 2.24) is 14.8 Å². The van der Waals surface area contributed by atoms with Gasteiger partial charge in [-0.3, -0.25) is 19.8 Å². The summed E-state index contributed by atoms with van der Waals surface area (Å²) in [6.07, 6.45) is 1.05. The molecule has 21 heavy (non-hydrogen) atoms. The molecule has 0 saturated carbocycles. The predicted molar refractivity (Wildman–Crippen MR) is 78.5 cm³/mol. The van der Waals surface area contributed by atoms with Crippen LogP contribution in [0.2, 0.25) is 5.15 Å². The highest BCUT2D eigenvalue weighted by atomic mass is 35.5. The van der Waals surface area contributed by atoms with Gasteiger partial charge in [0.05, 0.1) is 10.5 Å². The molecule has 2 unspecified atom stereocenters. The Labute approximate surface area is 127 Å². The van der Waals surface area contributed by atoms with Crippen molar-refractivity contribution in [3.05, 3.63) is 33.1 Å². The van der Waals surface area contributed by atoms with Gasteiger partial charge in [0, 0.05) is 31.2 Å². The molecule has 2 heterocycles. The maximum atomic E-state index is 12.6. The summed E-state index contributed by atoms with van der Waals surface area (Å²) in [5.74, 6) is -0.317. The van der Waals surface area contributed by atoms with Crippen LogP contribution < -0.4 is 0 Å². The molecule has 1 saturated heterocycles. The number of pyridine rings is 1. The average molecular weight is 313 g/mol. The Morgan fingerprint density at radius 3 is 2.52 bits per heavy atom. The van der Waals surface area contributed by atoms with Gasteiger partial charge in [0.25, 0.3) is 11.6 Å². The Morgan fingerprint density at radius 1 is 1.43 bits per heavy atom. The van der Waals surface area contributed by atoms with Crippen LogP contribution >= 0.6 is 11.6 Å². The second-order valence-corrected chi connectivity index (χ2v) is 5.72. The molecule has 1 aliphatic rings. The normalized spacial score (nSPS) is 23.1. The number of halogens is 1. The average Bonchev–Trinajstić information content (AvgIpc) is 2.43. The number of nitro groups is 1. The lowest BCUT2D eigenvalue weighted by Gasteiger charge is -2.42. The molecule has 0 N–H and O–H groups in total. The van der Waals surface area contributed by atoms with E-state index in [9.17, 15) is 14.9 Å². The van der Waals surface area contributed by atoms with Gasteiger partial charge in [0.2, 0.25) is 0 Å². The first-order valence-electron chi connectivity index (χ1n) is 6.62. The van der Waals surface area contributed by atoms with Crippen LogP contribution in [-0.2, 0) is 0 Å². The van der Waals surface area contributed by atoms with Gasteiger partial charge < -0.3 is 4.90 Å². The molecule has 7 nitrogen and oxygen atoms in total. The van der Waals surface area contributed by atoms with Gasteiger partial charge in [-0.05, 0) is 20.9 Å². The lowest BCUT2D eigenvalue weighted by atomic mass is 10.1. The lowest BCUT2D eigenvalue weighted by Crippen LogP contribution is -2.56. The number of piperazine rings is 1. The summed E-state index contributed by atoms with van der Waals surface area (Å²) in [5, 5.41) is 10.8. The summed E-state index contributed by atoms with van der Waals surface area (Å²) in [6, 6.07) is 1.61. The van der Waals surface area contributed by atoms with Gasteiger partial charge in [0.1, 0.15) is 11.3 Å². The van der Waals surface area contributed by atoms with E-state index in [1.807, 2.05) is 20.9 Å². The SMILES string of the molecule is CC1CN(C(=O)c2cc([N+](=O)[O-])cnc2Cl)CC(C)N1C. The molecular weight excluding hydrogens is 296 g/mol. The van der Waals surface area contributed by atoms with Gasteiger partial charge in [-0.25, -0.2) is 4.98 Å². The molecule has 1 amide bonds. The van der Waals surface area contributed by atoms with Gasteiger partial charge in [-0.15, -0.1) is 0 Å². The van der Waals surface area contributed by atoms with E-state index in [0.29, 0.717) is 13.1 Å². The van der Waals surface area contributed by atoms with Crippen molar-refractivity contribution in [2.45, 2.75) is 25.9 Å². The molecule has 0 bridgehead atoms. The van der Waals surface area contributed by atoms with Gasteiger partial charge in [0.15, 0.2) is 0 Å². The van der Waals surface area contributed by atoms with E-state index in [2.05, 4.69) is 9.88 Å². The van der Waals surface area contributed by atoms with Crippen molar-refractivity contribution in [1.29, 1.82) is 0 Å². The fraction of sp³-hybridized carbons (Fsp3) is 0.538. The second kappa shape index (κ2) is 5.95. The molecule has 0 radical (unpaired) electrons. The third kappa shape index (κ3) is 3.14. The van der Waals surface area contributed by atoms with Crippen molar-refractivity contribution < 1.29 is 9.72 Å². The van der Waals surface area contributed by atoms with Crippen LogP contribution in [0.5, 0.6) is 0 Å². The zero-order valence-corrected chi connectivity index (χ0v) is 12.9. The van der Waals surface area contributed by atoms with E-state index in [1.165, 1.54) is 6.07 Å². The molecule has 2 atom stereocenters. The van der Waals surface area contributed by atoms with E-state index in [0.717, 1.165) is 6.20 Å². The van der Waals surface area contributed by atoms with Crippen LogP contribution in [0.1, 0.15) is 24.2 Å². The second-order valence-electron chi connectivity index (χ2n) is 5.36. The topological polar surface area (TPSA) is 79.6 Å². The van der Waals surface area contributed by atoms with E-state index in [1.54, 1.807) is 4.90 Å². The van der Waals surface area contributed by atoms with Crippen molar-refractivity contribution >= 4 is 23.2 Å². The minimum Gasteiger partial charge on any atom is -0.335 e. The fourth-order valence-corrected chi connectivity index (χ4v) is 2.61. The Bertz CT molecular complexity index is 569. The molecule has 1 aromatic rings. The fourth-order valence-electron chi connectivity index (χ4n) is 2.43. The van der Waals surface area contributed by atoms with Gasteiger partial charge in [-0.2, -0.15) is 0 Å². The molecule has 1 fully saturated rings. The van der Waals surface area contributed by atoms with E-state index < -0.39 is 4.92 Å². The first-order valence-corrected chi connectivity index (χ1v) is 7.00. The molecule has 1 aliphatic heterocycles. The maximum Gasteiger partial charge on any atom is 0.288 e. The van der Waals surface area contributed by atoms with Gasteiger partial charge >= 0.3 is 0 Å². The summed E-state index contributed by atoms with van der Waals surface area (Å²) in [4.78, 5) is 30.4. The van der Waals surface area contributed by atoms with Crippen LogP contribution in [-0.4, -0.2) is 57.8 Å². The number of nitrogens with zero attached hydrogens (tertiary/aromatic N) is 4. The number of aromatic nitrogens is 1. The highest BCUT2D eigenvalue weighted by molar-refractivity contribution is 6.32. The first kappa shape index (κ1) is 15.7. The lowest BCUT2D eigenvalue weighted by molar-refractivity contribution is -0.385. The molecule has 0 spiro atoms. The zero-order chi connectivity index (χ0) is 15.7. The quantitative estimate of drug-likeness (QED) is 0.472. The highest BCUT2D eigenvalue weighted by Gasteiger charge is 2.31. The molecule has 114 valence electrons. The number of carbonyl (C=O) groups is 1. The third-order valence-electron chi connectivity index (χ3n) is 3.91. The van der Waals surface area contributed by atoms with Gasteiger partial charge in [-0.1, -0.05) is 11.6 Å². The van der Waals surface area contributed by atoms with E-state index in [-0.39, 0.29) is 34.4 Å². The van der Waals surface area contributed by atoms with Crippen LogP contribution in [0.3, 0.4) is 0 Å².